The fraction of sp³-hybridized carbons (Fsp3) is 0.333. The zero-order chi connectivity index (χ0) is 12.8. The SMILES string of the molecule is COC(=O)CC(CC(=O)O)c1ccc(F)cc1. The van der Waals surface area contributed by atoms with E-state index in [-0.39, 0.29) is 12.8 Å². The summed E-state index contributed by atoms with van der Waals surface area (Å²) in [6, 6.07) is 5.43. The molecule has 0 aliphatic carbocycles. The number of rotatable bonds is 5. The Morgan fingerprint density at radius 1 is 1.29 bits per heavy atom. The summed E-state index contributed by atoms with van der Waals surface area (Å²) in [5.41, 5.74) is 0.610. The van der Waals surface area contributed by atoms with Crippen molar-refractivity contribution in [1.29, 1.82) is 0 Å². The number of hydrogen-bond acceptors (Lipinski definition) is 3. The third-order valence-corrected chi connectivity index (χ3v) is 2.40. The molecule has 1 aromatic rings. The predicted octanol–water partition coefficient (Wildman–Crippen LogP) is 1.95. The van der Waals surface area contributed by atoms with Crippen LogP contribution in [0, 0.1) is 5.82 Å². The fourth-order valence-corrected chi connectivity index (χ4v) is 1.54. The van der Waals surface area contributed by atoms with Crippen LogP contribution >= 0.6 is 0 Å². The first-order valence-electron chi connectivity index (χ1n) is 5.07. The Labute approximate surface area is 98.0 Å². The van der Waals surface area contributed by atoms with Crippen LogP contribution in [-0.4, -0.2) is 24.2 Å². The van der Waals surface area contributed by atoms with Gasteiger partial charge in [0.05, 0.1) is 20.0 Å². The lowest BCUT2D eigenvalue weighted by molar-refractivity contribution is -0.141. The molecular formula is C12H13FO4. The summed E-state index contributed by atoms with van der Waals surface area (Å²) >= 11 is 0. The van der Waals surface area contributed by atoms with Crippen molar-refractivity contribution in [3.05, 3.63) is 35.6 Å². The lowest BCUT2D eigenvalue weighted by Gasteiger charge is -2.13. The highest BCUT2D eigenvalue weighted by Crippen LogP contribution is 2.24. The summed E-state index contributed by atoms with van der Waals surface area (Å²) in [6.45, 7) is 0. The van der Waals surface area contributed by atoms with Gasteiger partial charge >= 0.3 is 11.9 Å². The average molecular weight is 240 g/mol. The van der Waals surface area contributed by atoms with E-state index in [2.05, 4.69) is 4.74 Å². The van der Waals surface area contributed by atoms with Crippen LogP contribution in [0.3, 0.4) is 0 Å². The molecule has 1 N–H and O–H groups in total. The van der Waals surface area contributed by atoms with Crippen LogP contribution in [0.25, 0.3) is 0 Å². The van der Waals surface area contributed by atoms with Crippen LogP contribution < -0.4 is 0 Å². The van der Waals surface area contributed by atoms with E-state index in [4.69, 9.17) is 5.11 Å². The number of carboxylic acids is 1. The molecule has 0 aliphatic heterocycles. The third-order valence-electron chi connectivity index (χ3n) is 2.40. The smallest absolute Gasteiger partial charge is 0.306 e. The van der Waals surface area contributed by atoms with Crippen LogP contribution in [0.15, 0.2) is 24.3 Å². The third kappa shape index (κ3) is 4.22. The van der Waals surface area contributed by atoms with Crippen LogP contribution in [0.5, 0.6) is 0 Å². The molecule has 0 saturated heterocycles. The lowest BCUT2D eigenvalue weighted by atomic mass is 9.92. The highest BCUT2D eigenvalue weighted by Gasteiger charge is 2.19. The van der Waals surface area contributed by atoms with Crippen molar-refractivity contribution in [2.24, 2.45) is 0 Å². The van der Waals surface area contributed by atoms with Gasteiger partial charge in [-0.05, 0) is 17.7 Å². The van der Waals surface area contributed by atoms with Crippen LogP contribution in [-0.2, 0) is 14.3 Å². The summed E-state index contributed by atoms with van der Waals surface area (Å²) in [5, 5.41) is 8.76. The number of aliphatic carboxylic acids is 1. The van der Waals surface area contributed by atoms with Crippen molar-refractivity contribution >= 4 is 11.9 Å². The highest BCUT2D eigenvalue weighted by atomic mass is 19.1. The van der Waals surface area contributed by atoms with Gasteiger partial charge in [0.15, 0.2) is 0 Å². The van der Waals surface area contributed by atoms with E-state index < -0.39 is 23.7 Å². The fourth-order valence-electron chi connectivity index (χ4n) is 1.54. The van der Waals surface area contributed by atoms with Gasteiger partial charge in [-0.15, -0.1) is 0 Å². The van der Waals surface area contributed by atoms with E-state index in [1.807, 2.05) is 0 Å². The van der Waals surface area contributed by atoms with Gasteiger partial charge in [-0.3, -0.25) is 9.59 Å². The predicted molar refractivity (Wildman–Crippen MR) is 58.0 cm³/mol. The van der Waals surface area contributed by atoms with Gasteiger partial charge in [0.1, 0.15) is 5.82 Å². The number of esters is 1. The molecule has 0 amide bonds. The molecule has 1 rings (SSSR count). The molecule has 0 aromatic heterocycles. The molecule has 0 bridgehead atoms. The molecular weight excluding hydrogens is 227 g/mol. The molecule has 0 fully saturated rings. The number of benzene rings is 1. The molecule has 1 atom stereocenters. The van der Waals surface area contributed by atoms with Crippen molar-refractivity contribution in [2.75, 3.05) is 7.11 Å². The van der Waals surface area contributed by atoms with Crippen molar-refractivity contribution in [2.45, 2.75) is 18.8 Å². The number of carbonyl (C=O) groups excluding carboxylic acids is 1. The van der Waals surface area contributed by atoms with Crippen molar-refractivity contribution in [3.8, 4) is 0 Å². The minimum absolute atomic E-state index is 0.0333. The largest absolute Gasteiger partial charge is 0.481 e. The first-order valence-corrected chi connectivity index (χ1v) is 5.07. The van der Waals surface area contributed by atoms with Crippen molar-refractivity contribution in [3.63, 3.8) is 0 Å². The molecule has 0 radical (unpaired) electrons. The molecule has 0 heterocycles. The van der Waals surface area contributed by atoms with E-state index in [0.717, 1.165) is 0 Å². The number of ether oxygens (including phenoxy) is 1. The van der Waals surface area contributed by atoms with E-state index in [9.17, 15) is 14.0 Å². The lowest BCUT2D eigenvalue weighted by Crippen LogP contribution is -2.12. The number of carboxylic acid groups (broad SMARTS) is 1. The summed E-state index contributed by atoms with van der Waals surface area (Å²) < 4.78 is 17.2. The number of hydrogen-bond donors (Lipinski definition) is 1. The summed E-state index contributed by atoms with van der Waals surface area (Å²) in [4.78, 5) is 21.8. The number of methoxy groups -OCH3 is 1. The Bertz CT molecular complexity index is 399. The maximum Gasteiger partial charge on any atom is 0.306 e. The topological polar surface area (TPSA) is 63.6 Å². The zero-order valence-corrected chi connectivity index (χ0v) is 9.35. The van der Waals surface area contributed by atoms with Gasteiger partial charge < -0.3 is 9.84 Å². The molecule has 5 heteroatoms. The summed E-state index contributed by atoms with van der Waals surface area (Å²) in [7, 11) is 1.24. The zero-order valence-electron chi connectivity index (χ0n) is 9.35. The Morgan fingerprint density at radius 2 is 1.88 bits per heavy atom. The molecule has 1 aromatic carbocycles. The van der Waals surface area contributed by atoms with Gasteiger partial charge in [0.25, 0.3) is 0 Å². The minimum atomic E-state index is -1.01. The highest BCUT2D eigenvalue weighted by molar-refractivity contribution is 5.73. The standard InChI is InChI=1S/C12H13FO4/c1-17-12(16)7-9(6-11(14)15)8-2-4-10(13)5-3-8/h2-5,9H,6-7H2,1H3,(H,14,15). The summed E-state index contributed by atoms with van der Waals surface area (Å²) in [5.74, 6) is -2.40. The Hall–Kier alpha value is -1.91. The first kappa shape index (κ1) is 13.2. The van der Waals surface area contributed by atoms with Gasteiger partial charge in [-0.25, -0.2) is 4.39 Å². The first-order chi connectivity index (χ1) is 8.02. The Balaban J connectivity index is 2.85. The maximum absolute atomic E-state index is 12.7. The Kier molecular flexibility index (Phi) is 4.63. The van der Waals surface area contributed by atoms with Gasteiger partial charge in [0.2, 0.25) is 0 Å². The Morgan fingerprint density at radius 3 is 2.35 bits per heavy atom. The van der Waals surface area contributed by atoms with Crippen LogP contribution in [0.2, 0.25) is 0 Å². The normalized spacial score (nSPS) is 11.9. The number of carbonyl (C=O) groups is 2. The van der Waals surface area contributed by atoms with E-state index in [1.54, 1.807) is 0 Å². The molecule has 92 valence electrons. The second kappa shape index (κ2) is 5.98. The molecule has 1 unspecified atom stereocenters. The van der Waals surface area contributed by atoms with Gasteiger partial charge in [-0.2, -0.15) is 0 Å². The molecule has 4 nitrogen and oxygen atoms in total. The minimum Gasteiger partial charge on any atom is -0.481 e. The number of halogens is 1. The van der Waals surface area contributed by atoms with E-state index >= 15 is 0 Å². The monoisotopic (exact) mass is 240 g/mol. The van der Waals surface area contributed by atoms with Crippen LogP contribution in [0.4, 0.5) is 4.39 Å². The van der Waals surface area contributed by atoms with Crippen molar-refractivity contribution in [1.82, 2.24) is 0 Å². The molecule has 0 spiro atoms. The van der Waals surface area contributed by atoms with Crippen molar-refractivity contribution < 1.29 is 23.8 Å². The van der Waals surface area contributed by atoms with E-state index in [1.165, 1.54) is 31.4 Å². The van der Waals surface area contributed by atoms with Gasteiger partial charge in [0, 0.05) is 5.92 Å². The molecule has 0 aliphatic rings. The summed E-state index contributed by atoms with van der Waals surface area (Å²) in [6.07, 6.45) is -0.227. The maximum atomic E-state index is 12.7. The second-order valence-electron chi connectivity index (χ2n) is 3.63. The van der Waals surface area contributed by atoms with Crippen LogP contribution in [0.1, 0.15) is 24.3 Å². The van der Waals surface area contributed by atoms with E-state index in [0.29, 0.717) is 5.56 Å². The molecule has 17 heavy (non-hydrogen) atoms. The quantitative estimate of drug-likeness (QED) is 0.799. The van der Waals surface area contributed by atoms with Gasteiger partial charge in [-0.1, -0.05) is 12.1 Å². The molecule has 0 saturated carbocycles. The average Bonchev–Trinajstić information content (AvgIpc) is 2.28. The second-order valence-corrected chi connectivity index (χ2v) is 3.63.